The van der Waals surface area contributed by atoms with Gasteiger partial charge in [-0.2, -0.15) is 5.10 Å². The van der Waals surface area contributed by atoms with Crippen molar-refractivity contribution < 1.29 is 8.42 Å². The molecule has 0 radical (unpaired) electrons. The number of hydrogen-bond acceptors (Lipinski definition) is 5. The topological polar surface area (TPSA) is 66.1 Å². The molecule has 7 heteroatoms. The number of sulfone groups is 1. The Balaban J connectivity index is 1.75. The van der Waals surface area contributed by atoms with Crippen molar-refractivity contribution in [3.05, 3.63) is 33.8 Å². The normalized spacial score (nSPS) is 20.4. The Hall–Kier alpha value is -1.18. The number of nitrogens with one attached hydrogen (secondary N) is 1. The number of aryl methyl sites for hydroxylation is 1. The summed E-state index contributed by atoms with van der Waals surface area (Å²) in [5.74, 6) is 0.210. The smallest absolute Gasteiger partial charge is 0.178 e. The molecule has 0 saturated carbocycles. The molecule has 0 spiro atoms. The zero-order valence-corrected chi connectivity index (χ0v) is 14.5. The van der Waals surface area contributed by atoms with Crippen LogP contribution in [-0.2, 0) is 16.4 Å². The Bertz CT molecular complexity index is 748. The first-order chi connectivity index (χ1) is 10.4. The third-order valence-electron chi connectivity index (χ3n) is 4.12. The molecule has 1 saturated heterocycles. The predicted octanol–water partition coefficient (Wildman–Crippen LogP) is 2.56. The monoisotopic (exact) mass is 339 g/mol. The van der Waals surface area contributed by atoms with Gasteiger partial charge in [-0.15, -0.1) is 11.3 Å². The van der Waals surface area contributed by atoms with Gasteiger partial charge in [0, 0.05) is 35.0 Å². The molecule has 0 aromatic carbocycles. The molecule has 2 aromatic rings. The second kappa shape index (κ2) is 6.14. The van der Waals surface area contributed by atoms with Gasteiger partial charge in [0.25, 0.3) is 0 Å². The van der Waals surface area contributed by atoms with Crippen LogP contribution in [0.3, 0.4) is 0 Å². The lowest BCUT2D eigenvalue weighted by Crippen LogP contribution is -2.34. The number of H-pyrrole nitrogens is 1. The van der Waals surface area contributed by atoms with Gasteiger partial charge in [-0.05, 0) is 38.4 Å². The summed E-state index contributed by atoms with van der Waals surface area (Å²) in [4.78, 5) is 5.46. The molecule has 3 rings (SSSR count). The van der Waals surface area contributed by atoms with Crippen molar-refractivity contribution in [1.29, 1.82) is 0 Å². The van der Waals surface area contributed by atoms with Crippen LogP contribution >= 0.6 is 11.3 Å². The third kappa shape index (κ3) is 3.42. The predicted molar refractivity (Wildman–Crippen MR) is 88.0 cm³/mol. The van der Waals surface area contributed by atoms with E-state index in [0.29, 0.717) is 4.90 Å². The lowest BCUT2D eigenvalue weighted by molar-refractivity contribution is 0.199. The number of likely N-dealkylation sites (tertiary alicyclic amines) is 1. The van der Waals surface area contributed by atoms with E-state index in [4.69, 9.17) is 0 Å². The highest BCUT2D eigenvalue weighted by atomic mass is 32.2. The molecule has 0 amide bonds. The van der Waals surface area contributed by atoms with Gasteiger partial charge in [0.05, 0.1) is 11.9 Å². The number of piperidine rings is 1. The van der Waals surface area contributed by atoms with E-state index in [0.717, 1.165) is 38.2 Å². The van der Waals surface area contributed by atoms with Gasteiger partial charge in [-0.25, -0.2) is 8.42 Å². The second-order valence-corrected chi connectivity index (χ2v) is 9.36. The highest BCUT2D eigenvalue weighted by Gasteiger charge is 2.27. The number of hydrogen-bond donors (Lipinski definition) is 1. The molecule has 2 aromatic heterocycles. The number of nitrogens with zero attached hydrogens (tertiary/aromatic N) is 2. The molecule has 1 aliphatic heterocycles. The first-order valence-electron chi connectivity index (χ1n) is 7.44. The van der Waals surface area contributed by atoms with Crippen LogP contribution in [0.1, 0.15) is 34.2 Å². The van der Waals surface area contributed by atoms with Crippen LogP contribution < -0.4 is 0 Å². The minimum atomic E-state index is -3.22. The van der Waals surface area contributed by atoms with Crippen molar-refractivity contribution in [2.45, 2.75) is 37.1 Å². The largest absolute Gasteiger partial charge is 0.298 e. The zero-order chi connectivity index (χ0) is 15.7. The van der Waals surface area contributed by atoms with Crippen molar-refractivity contribution in [3.63, 3.8) is 0 Å². The molecule has 5 nitrogen and oxygen atoms in total. The summed E-state index contributed by atoms with van der Waals surface area (Å²) in [5, 5.41) is 6.87. The van der Waals surface area contributed by atoms with Gasteiger partial charge < -0.3 is 0 Å². The van der Waals surface area contributed by atoms with E-state index in [1.54, 1.807) is 0 Å². The molecule has 1 N–H and O–H groups in total. The molecular formula is C15H21N3O2S2. The van der Waals surface area contributed by atoms with Crippen molar-refractivity contribution in [1.82, 2.24) is 15.1 Å². The summed E-state index contributed by atoms with van der Waals surface area (Å²) >= 11 is 1.83. The number of aromatic amines is 1. The summed E-state index contributed by atoms with van der Waals surface area (Å²) in [5.41, 5.74) is 0.773. The van der Waals surface area contributed by atoms with Gasteiger partial charge in [-0.3, -0.25) is 10.00 Å². The van der Waals surface area contributed by atoms with Crippen molar-refractivity contribution >= 4 is 21.2 Å². The molecule has 1 unspecified atom stereocenters. The van der Waals surface area contributed by atoms with Gasteiger partial charge in [0.1, 0.15) is 4.90 Å². The Morgan fingerprint density at radius 1 is 1.45 bits per heavy atom. The molecule has 120 valence electrons. The van der Waals surface area contributed by atoms with E-state index in [9.17, 15) is 8.42 Å². The third-order valence-corrected chi connectivity index (χ3v) is 6.23. The Morgan fingerprint density at radius 2 is 2.27 bits per heavy atom. The van der Waals surface area contributed by atoms with Crippen LogP contribution in [0.5, 0.6) is 0 Å². The Labute approximate surface area is 135 Å². The summed E-state index contributed by atoms with van der Waals surface area (Å²) in [6, 6.07) is 4.33. The van der Waals surface area contributed by atoms with Gasteiger partial charge >= 0.3 is 0 Å². The summed E-state index contributed by atoms with van der Waals surface area (Å²) in [6.07, 6.45) is 4.77. The molecule has 3 heterocycles. The van der Waals surface area contributed by atoms with E-state index < -0.39 is 9.84 Å². The fourth-order valence-corrected chi connectivity index (χ4v) is 4.89. The Kier molecular flexibility index (Phi) is 4.38. The maximum atomic E-state index is 11.9. The highest BCUT2D eigenvalue weighted by molar-refractivity contribution is 7.90. The summed E-state index contributed by atoms with van der Waals surface area (Å²) in [7, 11) is -3.22. The van der Waals surface area contributed by atoms with Crippen LogP contribution in [0, 0.1) is 6.92 Å². The van der Waals surface area contributed by atoms with Crippen LogP contribution in [-0.4, -0.2) is 42.9 Å². The molecule has 1 aliphatic rings. The molecule has 1 fully saturated rings. The minimum absolute atomic E-state index is 0.210. The SMILES string of the molecule is Cc1ccc(CN2CCCC(c3[nH]ncc3S(C)(=O)=O)C2)s1. The first-order valence-corrected chi connectivity index (χ1v) is 10.2. The van der Waals surface area contributed by atoms with Gasteiger partial charge in [0.2, 0.25) is 0 Å². The molecule has 22 heavy (non-hydrogen) atoms. The van der Waals surface area contributed by atoms with E-state index >= 15 is 0 Å². The lowest BCUT2D eigenvalue weighted by atomic mass is 9.95. The van der Waals surface area contributed by atoms with Gasteiger partial charge in [-0.1, -0.05) is 0 Å². The lowest BCUT2D eigenvalue weighted by Gasteiger charge is -2.32. The van der Waals surface area contributed by atoms with Crippen LogP contribution in [0.2, 0.25) is 0 Å². The zero-order valence-electron chi connectivity index (χ0n) is 12.9. The summed E-state index contributed by atoms with van der Waals surface area (Å²) in [6.45, 7) is 5.00. The number of thiophene rings is 1. The maximum absolute atomic E-state index is 11.9. The highest BCUT2D eigenvalue weighted by Crippen LogP contribution is 2.31. The van der Waals surface area contributed by atoms with Crippen molar-refractivity contribution in [3.8, 4) is 0 Å². The minimum Gasteiger partial charge on any atom is -0.298 e. The molecular weight excluding hydrogens is 318 g/mol. The van der Waals surface area contributed by atoms with E-state index in [-0.39, 0.29) is 5.92 Å². The molecule has 0 bridgehead atoms. The Morgan fingerprint density at radius 3 is 2.95 bits per heavy atom. The van der Waals surface area contributed by atoms with E-state index in [2.05, 4.69) is 34.2 Å². The van der Waals surface area contributed by atoms with Crippen molar-refractivity contribution in [2.75, 3.05) is 19.3 Å². The van der Waals surface area contributed by atoms with Crippen molar-refractivity contribution in [2.24, 2.45) is 0 Å². The number of rotatable bonds is 4. The maximum Gasteiger partial charge on any atom is 0.178 e. The average Bonchev–Trinajstić information content (AvgIpc) is 3.07. The summed E-state index contributed by atoms with van der Waals surface area (Å²) < 4.78 is 23.7. The second-order valence-electron chi connectivity index (χ2n) is 6.01. The van der Waals surface area contributed by atoms with E-state index in [1.807, 2.05) is 11.3 Å². The number of aromatic nitrogens is 2. The van der Waals surface area contributed by atoms with Crippen LogP contribution in [0.15, 0.2) is 23.2 Å². The quantitative estimate of drug-likeness (QED) is 0.930. The fourth-order valence-electron chi connectivity index (χ4n) is 3.10. The van der Waals surface area contributed by atoms with E-state index in [1.165, 1.54) is 22.2 Å². The van der Waals surface area contributed by atoms with Crippen LogP contribution in [0.4, 0.5) is 0 Å². The van der Waals surface area contributed by atoms with Gasteiger partial charge in [0.15, 0.2) is 9.84 Å². The average molecular weight is 339 g/mol. The first kappa shape index (κ1) is 15.7. The molecule has 0 aliphatic carbocycles. The molecule has 1 atom stereocenters. The van der Waals surface area contributed by atoms with Crippen LogP contribution in [0.25, 0.3) is 0 Å². The standard InChI is InChI=1S/C15H21N3O2S2/c1-11-5-6-13(21-11)10-18-7-3-4-12(9-18)15-14(8-16-17-15)22(2,19)20/h5-6,8,12H,3-4,7,9-10H2,1-2H3,(H,16,17). The fraction of sp³-hybridized carbons (Fsp3) is 0.533.